The highest BCUT2D eigenvalue weighted by molar-refractivity contribution is 5.90. The van der Waals surface area contributed by atoms with Gasteiger partial charge in [-0.3, -0.25) is 10.1 Å². The molecular formula is C10H8F4N2O4. The highest BCUT2D eigenvalue weighted by Gasteiger charge is 2.40. The molecule has 1 aromatic rings. The van der Waals surface area contributed by atoms with Gasteiger partial charge in [-0.05, 0) is 12.1 Å². The van der Waals surface area contributed by atoms with Crippen molar-refractivity contribution in [1.29, 1.82) is 0 Å². The molecule has 6 nitrogen and oxygen atoms in total. The summed E-state index contributed by atoms with van der Waals surface area (Å²) in [5.41, 5.74) is -1.67. The first kappa shape index (κ1) is 15.7. The average molecular weight is 296 g/mol. The number of anilines is 1. The Morgan fingerprint density at radius 2 is 2.05 bits per heavy atom. The van der Waals surface area contributed by atoms with E-state index in [2.05, 4.69) is 0 Å². The molecule has 10 heteroatoms. The lowest BCUT2D eigenvalue weighted by Crippen LogP contribution is -2.35. The predicted molar refractivity (Wildman–Crippen MR) is 59.5 cm³/mol. The number of hydrogen-bond acceptors (Lipinski definition) is 4. The SMILES string of the molecule is O=C(O)c1ccc([N+](=O)[O-])c(NCC(F)(F)C(F)F)c1. The van der Waals surface area contributed by atoms with Crippen LogP contribution in [-0.4, -0.2) is 34.9 Å². The highest BCUT2D eigenvalue weighted by Crippen LogP contribution is 2.28. The molecule has 0 aliphatic carbocycles. The summed E-state index contributed by atoms with van der Waals surface area (Å²) in [6.45, 7) is -1.56. The van der Waals surface area contributed by atoms with Gasteiger partial charge < -0.3 is 10.4 Å². The van der Waals surface area contributed by atoms with Crippen LogP contribution < -0.4 is 5.32 Å². The van der Waals surface area contributed by atoms with Gasteiger partial charge in [0.2, 0.25) is 0 Å². The number of nitrogens with zero attached hydrogens (tertiary/aromatic N) is 1. The van der Waals surface area contributed by atoms with E-state index in [1.54, 1.807) is 5.32 Å². The monoisotopic (exact) mass is 296 g/mol. The minimum atomic E-state index is -4.40. The van der Waals surface area contributed by atoms with Crippen LogP contribution in [0, 0.1) is 10.1 Å². The lowest BCUT2D eigenvalue weighted by atomic mass is 10.1. The second kappa shape index (κ2) is 5.72. The molecule has 0 heterocycles. The standard InChI is InChI=1S/C10H8F4N2O4/c11-9(12)10(13,14)4-15-6-3-5(8(17)18)1-2-7(6)16(19)20/h1-3,9,15H,4H2,(H,17,18). The molecule has 0 aliphatic rings. The molecule has 2 N–H and O–H groups in total. The van der Waals surface area contributed by atoms with Crippen molar-refractivity contribution in [3.8, 4) is 0 Å². The van der Waals surface area contributed by atoms with Gasteiger partial charge in [-0.1, -0.05) is 0 Å². The van der Waals surface area contributed by atoms with E-state index in [0.717, 1.165) is 18.2 Å². The third kappa shape index (κ3) is 3.56. The van der Waals surface area contributed by atoms with E-state index >= 15 is 0 Å². The zero-order valence-electron chi connectivity index (χ0n) is 9.65. The molecule has 1 rings (SSSR count). The molecule has 0 amide bonds. The Balaban J connectivity index is 3.05. The maximum Gasteiger partial charge on any atom is 0.335 e. The first-order chi connectivity index (χ1) is 9.15. The normalized spacial score (nSPS) is 11.4. The number of benzene rings is 1. The maximum absolute atomic E-state index is 12.7. The molecule has 0 unspecified atom stereocenters. The van der Waals surface area contributed by atoms with Gasteiger partial charge in [-0.25, -0.2) is 13.6 Å². The maximum atomic E-state index is 12.7. The van der Waals surface area contributed by atoms with Crippen LogP contribution in [0.3, 0.4) is 0 Å². The summed E-state index contributed by atoms with van der Waals surface area (Å²) in [7, 11) is 0. The number of carbonyl (C=O) groups is 1. The van der Waals surface area contributed by atoms with E-state index < -0.39 is 46.7 Å². The molecule has 0 spiro atoms. The van der Waals surface area contributed by atoms with Crippen molar-refractivity contribution in [3.63, 3.8) is 0 Å². The van der Waals surface area contributed by atoms with Gasteiger partial charge >= 0.3 is 18.3 Å². The Bertz CT molecular complexity index is 536. The minimum Gasteiger partial charge on any atom is -0.478 e. The molecule has 0 saturated heterocycles. The molecule has 110 valence electrons. The van der Waals surface area contributed by atoms with Crippen molar-refractivity contribution in [2.75, 3.05) is 11.9 Å². The van der Waals surface area contributed by atoms with Crippen LogP contribution in [0.15, 0.2) is 18.2 Å². The summed E-state index contributed by atoms with van der Waals surface area (Å²) in [6.07, 6.45) is -3.95. The van der Waals surface area contributed by atoms with Gasteiger partial charge in [0.1, 0.15) is 5.69 Å². The zero-order chi connectivity index (χ0) is 15.5. The molecule has 0 aromatic heterocycles. The number of alkyl halides is 4. The first-order valence-corrected chi connectivity index (χ1v) is 5.06. The van der Waals surface area contributed by atoms with E-state index in [-0.39, 0.29) is 0 Å². The molecular weight excluding hydrogens is 288 g/mol. The van der Waals surface area contributed by atoms with E-state index in [1.807, 2.05) is 0 Å². The summed E-state index contributed by atoms with van der Waals surface area (Å²) in [6, 6.07) is 2.41. The molecule has 0 saturated carbocycles. The number of nitro groups is 1. The summed E-state index contributed by atoms with van der Waals surface area (Å²) >= 11 is 0. The third-order valence-electron chi connectivity index (χ3n) is 2.27. The van der Waals surface area contributed by atoms with Crippen LogP contribution in [0.5, 0.6) is 0 Å². The van der Waals surface area contributed by atoms with Crippen molar-refractivity contribution in [2.24, 2.45) is 0 Å². The lowest BCUT2D eigenvalue weighted by Gasteiger charge is -2.16. The van der Waals surface area contributed by atoms with Crippen LogP contribution in [-0.2, 0) is 0 Å². The molecule has 0 aliphatic heterocycles. The first-order valence-electron chi connectivity index (χ1n) is 5.06. The number of aromatic carboxylic acids is 1. The van der Waals surface area contributed by atoms with Crippen molar-refractivity contribution in [3.05, 3.63) is 33.9 Å². The molecule has 1 aromatic carbocycles. The zero-order valence-corrected chi connectivity index (χ0v) is 9.65. The number of rotatable bonds is 6. The van der Waals surface area contributed by atoms with Crippen LogP contribution in [0.4, 0.5) is 28.9 Å². The summed E-state index contributed by atoms with van der Waals surface area (Å²) in [4.78, 5) is 20.4. The molecule has 0 radical (unpaired) electrons. The lowest BCUT2D eigenvalue weighted by molar-refractivity contribution is -0.384. The summed E-state index contributed by atoms with van der Waals surface area (Å²) < 4.78 is 49.4. The number of nitro benzene ring substituents is 1. The van der Waals surface area contributed by atoms with Crippen LogP contribution in [0.2, 0.25) is 0 Å². The van der Waals surface area contributed by atoms with E-state index in [9.17, 15) is 32.5 Å². The van der Waals surface area contributed by atoms with Crippen molar-refractivity contribution >= 4 is 17.3 Å². The average Bonchev–Trinajstić information content (AvgIpc) is 2.35. The van der Waals surface area contributed by atoms with Crippen molar-refractivity contribution in [1.82, 2.24) is 0 Å². The van der Waals surface area contributed by atoms with Crippen LogP contribution in [0.1, 0.15) is 10.4 Å². The Hall–Kier alpha value is -2.39. The smallest absolute Gasteiger partial charge is 0.335 e. The summed E-state index contributed by atoms with van der Waals surface area (Å²) in [5, 5.41) is 21.1. The number of carboxylic acids is 1. The van der Waals surface area contributed by atoms with Gasteiger partial charge in [0.05, 0.1) is 17.0 Å². The quantitative estimate of drug-likeness (QED) is 0.478. The topological polar surface area (TPSA) is 92.5 Å². The van der Waals surface area contributed by atoms with Crippen LogP contribution in [0.25, 0.3) is 0 Å². The molecule has 20 heavy (non-hydrogen) atoms. The largest absolute Gasteiger partial charge is 0.478 e. The Labute approximate surface area is 109 Å². The number of carboxylic acid groups (broad SMARTS) is 1. The molecule has 0 bridgehead atoms. The predicted octanol–water partition coefficient (Wildman–Crippen LogP) is 2.61. The number of nitrogens with one attached hydrogen (secondary N) is 1. The van der Waals surface area contributed by atoms with E-state index in [0.29, 0.717) is 0 Å². The van der Waals surface area contributed by atoms with Crippen LogP contribution >= 0.6 is 0 Å². The second-order valence-electron chi connectivity index (χ2n) is 3.71. The Morgan fingerprint density at radius 3 is 2.50 bits per heavy atom. The van der Waals surface area contributed by atoms with Gasteiger partial charge in [-0.2, -0.15) is 8.78 Å². The molecule has 0 fully saturated rings. The number of hydrogen-bond donors (Lipinski definition) is 2. The van der Waals surface area contributed by atoms with Gasteiger partial charge in [0, 0.05) is 6.07 Å². The van der Waals surface area contributed by atoms with Gasteiger partial charge in [-0.15, -0.1) is 0 Å². The Kier molecular flexibility index (Phi) is 4.48. The Morgan fingerprint density at radius 1 is 1.45 bits per heavy atom. The fraction of sp³-hybridized carbons (Fsp3) is 0.300. The minimum absolute atomic E-state index is 0.404. The van der Waals surface area contributed by atoms with Gasteiger partial charge in [0.15, 0.2) is 0 Å². The fourth-order valence-corrected chi connectivity index (χ4v) is 1.26. The van der Waals surface area contributed by atoms with Gasteiger partial charge in [0.25, 0.3) is 5.69 Å². The number of halogens is 4. The van der Waals surface area contributed by atoms with Crippen molar-refractivity contribution < 1.29 is 32.4 Å². The fourth-order valence-electron chi connectivity index (χ4n) is 1.26. The second-order valence-corrected chi connectivity index (χ2v) is 3.71. The highest BCUT2D eigenvalue weighted by atomic mass is 19.3. The molecule has 0 atom stereocenters. The van der Waals surface area contributed by atoms with E-state index in [1.165, 1.54) is 0 Å². The summed E-state index contributed by atoms with van der Waals surface area (Å²) in [5.74, 6) is -5.84. The van der Waals surface area contributed by atoms with Crippen molar-refractivity contribution in [2.45, 2.75) is 12.3 Å². The van der Waals surface area contributed by atoms with E-state index in [4.69, 9.17) is 5.11 Å². The third-order valence-corrected chi connectivity index (χ3v) is 2.27.